The summed E-state index contributed by atoms with van der Waals surface area (Å²) in [5.41, 5.74) is 1.39. The van der Waals surface area contributed by atoms with Crippen LogP contribution in [0.4, 0.5) is 5.69 Å². The summed E-state index contributed by atoms with van der Waals surface area (Å²) >= 11 is 0. The Balaban J connectivity index is 1.53. The Labute approximate surface area is 422 Å². The van der Waals surface area contributed by atoms with Gasteiger partial charge in [0.1, 0.15) is 19.2 Å². The predicted octanol–water partition coefficient (Wildman–Crippen LogP) is 0.0129. The number of carbonyl (C=O) groups excluding carboxylic acids is 6. The van der Waals surface area contributed by atoms with Gasteiger partial charge in [-0.15, -0.1) is 0 Å². The maximum Gasteiger partial charge on any atom is 0.254 e. The molecule has 1 atom stereocenters. The summed E-state index contributed by atoms with van der Waals surface area (Å²) in [6, 6.07) is 5.99. The molecule has 0 spiro atoms. The fraction of sp³-hybridized carbons (Fsp3) is 0.688. The molecule has 0 aliphatic carbocycles. The summed E-state index contributed by atoms with van der Waals surface area (Å²) in [4.78, 5) is 82.2. The third kappa shape index (κ3) is 32.2. The van der Waals surface area contributed by atoms with Crippen LogP contribution in [0.5, 0.6) is 0 Å². The molecule has 3 N–H and O–H groups in total. The van der Waals surface area contributed by atoms with Crippen LogP contribution < -0.4 is 16.0 Å². The molecule has 0 bridgehead atoms. The number of nitrogens with zero attached hydrogens (tertiary/aromatic N) is 3. The molecule has 0 aromatic heterocycles. The lowest BCUT2D eigenvalue weighted by molar-refractivity contribution is -0.145. The minimum Gasteiger partial charge on any atom is -0.479 e. The Morgan fingerprint density at radius 2 is 1.04 bits per heavy atom. The van der Waals surface area contributed by atoms with Crippen LogP contribution in [-0.4, -0.2) is 237 Å². The van der Waals surface area contributed by atoms with Crippen molar-refractivity contribution in [3.63, 3.8) is 0 Å². The van der Waals surface area contributed by atoms with Crippen molar-refractivity contribution in [1.29, 1.82) is 0 Å². The zero-order chi connectivity index (χ0) is 52.3. The highest BCUT2D eigenvalue weighted by Crippen LogP contribution is 2.11. The summed E-state index contributed by atoms with van der Waals surface area (Å²) in [5.74, 6) is -3.72. The van der Waals surface area contributed by atoms with Crippen LogP contribution >= 0.6 is 0 Å². The molecule has 1 aromatic carbocycles. The Hall–Kier alpha value is -4.99. The summed E-state index contributed by atoms with van der Waals surface area (Å²) in [6.07, 6.45) is 3.29. The third-order valence-electron chi connectivity index (χ3n) is 9.80. The van der Waals surface area contributed by atoms with Crippen molar-refractivity contribution < 1.29 is 85.6 Å². The molecular weight excluding hydrogens is 949 g/mol. The number of carbonyl (C=O) groups is 6. The van der Waals surface area contributed by atoms with Crippen LogP contribution in [0.3, 0.4) is 0 Å². The van der Waals surface area contributed by atoms with Gasteiger partial charge in [-0.3, -0.25) is 38.7 Å². The van der Waals surface area contributed by atoms with Crippen LogP contribution in [-0.2, 0) is 92.2 Å². The molecule has 0 fully saturated rings. The minimum atomic E-state index is -0.979. The minimum absolute atomic E-state index is 0.0454. The summed E-state index contributed by atoms with van der Waals surface area (Å²) in [5, 5.41) is 7.95. The zero-order valence-corrected chi connectivity index (χ0v) is 42.5. The molecule has 408 valence electrons. The highest BCUT2D eigenvalue weighted by molar-refractivity contribution is 6.14. The number of anilines is 1. The largest absolute Gasteiger partial charge is 0.479 e. The normalized spacial score (nSPS) is 12.8. The van der Waals surface area contributed by atoms with Gasteiger partial charge in [-0.2, -0.15) is 0 Å². The lowest BCUT2D eigenvalue weighted by Crippen LogP contribution is -2.51. The molecule has 1 aromatic rings. The van der Waals surface area contributed by atoms with E-state index in [9.17, 15) is 28.8 Å². The van der Waals surface area contributed by atoms with Crippen LogP contribution in [0.2, 0.25) is 0 Å². The van der Waals surface area contributed by atoms with Gasteiger partial charge in [0.25, 0.3) is 11.8 Å². The van der Waals surface area contributed by atoms with E-state index in [1.165, 1.54) is 11.3 Å². The first-order valence-electron chi connectivity index (χ1n) is 24.1. The van der Waals surface area contributed by atoms with Gasteiger partial charge in [-0.05, 0) is 23.6 Å². The van der Waals surface area contributed by atoms with Gasteiger partial charge in [-0.1, -0.05) is 26.0 Å². The number of rotatable bonds is 47. The topological polar surface area (TPSA) is 268 Å². The van der Waals surface area contributed by atoms with Gasteiger partial charge in [0.2, 0.25) is 23.6 Å². The number of hydrogen-bond donors (Lipinski definition) is 3. The number of aliphatic imine (C=N–C) groups is 1. The van der Waals surface area contributed by atoms with E-state index in [0.29, 0.717) is 131 Å². The number of hydrogen-bond acceptors (Lipinski definition) is 19. The van der Waals surface area contributed by atoms with Crippen molar-refractivity contribution in [1.82, 2.24) is 20.4 Å². The molecule has 0 radical (unpaired) electrons. The second-order valence-electron chi connectivity index (χ2n) is 15.8. The number of methoxy groups -OCH3 is 1. The predicted molar refractivity (Wildman–Crippen MR) is 261 cm³/mol. The van der Waals surface area contributed by atoms with E-state index in [2.05, 4.69) is 20.9 Å². The standard InChI is InChI=1S/C48H78N6O18/c1-39(2)47(48(60)50-35-43(56)51-41-7-5-40(6-8-41)37-72-38-49-3)52-42(55)11-12-53(46(59)36-54-44(57)9-10-45(54)58)13-14-62-17-18-64-21-22-66-25-26-68-29-30-70-33-34-71-32-31-69-28-27-67-24-23-65-20-19-63-16-15-61-4/h5-10,38-39,47H,11-37H2,1-4H3,(H,50,60)(H,51,56)(H,52,55)/b49-38-. The molecule has 1 aliphatic rings. The zero-order valence-electron chi connectivity index (χ0n) is 42.5. The number of amides is 6. The van der Waals surface area contributed by atoms with Gasteiger partial charge in [0.05, 0.1) is 145 Å². The maximum absolute atomic E-state index is 13.3. The highest BCUT2D eigenvalue weighted by atomic mass is 16.6. The van der Waals surface area contributed by atoms with Gasteiger partial charge >= 0.3 is 0 Å². The van der Waals surface area contributed by atoms with Crippen LogP contribution in [0.25, 0.3) is 0 Å². The van der Waals surface area contributed by atoms with Gasteiger partial charge in [0, 0.05) is 51.5 Å². The third-order valence-corrected chi connectivity index (χ3v) is 9.80. The van der Waals surface area contributed by atoms with Crippen molar-refractivity contribution in [2.75, 3.05) is 184 Å². The van der Waals surface area contributed by atoms with Gasteiger partial charge in [0.15, 0.2) is 6.40 Å². The molecule has 1 aliphatic heterocycles. The molecule has 24 nitrogen and oxygen atoms in total. The Kier molecular flexibility index (Phi) is 37.3. The molecule has 72 heavy (non-hydrogen) atoms. The second-order valence-corrected chi connectivity index (χ2v) is 15.8. The average Bonchev–Trinajstić information content (AvgIpc) is 3.68. The first kappa shape index (κ1) is 63.1. The summed E-state index contributed by atoms with van der Waals surface area (Å²) < 4.78 is 65.0. The van der Waals surface area contributed by atoms with E-state index in [1.54, 1.807) is 52.3 Å². The summed E-state index contributed by atoms with van der Waals surface area (Å²) in [6.45, 7) is 11.7. The molecule has 2 rings (SSSR count). The average molecular weight is 1030 g/mol. The quantitative estimate of drug-likeness (QED) is 0.0336. The van der Waals surface area contributed by atoms with E-state index < -0.39 is 48.0 Å². The lowest BCUT2D eigenvalue weighted by atomic mass is 10.0. The van der Waals surface area contributed by atoms with Gasteiger partial charge in [-0.25, -0.2) is 0 Å². The SMILES string of the molecule is C/N=C\OCc1ccc(NC(=O)CNC(=O)C(NC(=O)CCN(CCOCCOCCOCCOCCOCCOCCOCCOCCOCCOCCOC)C(=O)CN2C(=O)C=CC2=O)C(C)C)cc1. The molecule has 0 saturated heterocycles. The fourth-order valence-electron chi connectivity index (χ4n) is 5.97. The van der Waals surface area contributed by atoms with Crippen molar-refractivity contribution in [2.24, 2.45) is 10.9 Å². The van der Waals surface area contributed by atoms with Crippen LogP contribution in [0.1, 0.15) is 25.8 Å². The second kappa shape index (κ2) is 42.5. The van der Waals surface area contributed by atoms with Crippen molar-refractivity contribution in [2.45, 2.75) is 32.9 Å². The van der Waals surface area contributed by atoms with E-state index in [4.69, 9.17) is 56.8 Å². The molecule has 24 heteroatoms. The molecule has 1 unspecified atom stereocenters. The number of benzene rings is 1. The fourth-order valence-corrected chi connectivity index (χ4v) is 5.97. The first-order chi connectivity index (χ1) is 35.0. The van der Waals surface area contributed by atoms with Crippen LogP contribution in [0.15, 0.2) is 41.4 Å². The first-order valence-corrected chi connectivity index (χ1v) is 24.1. The lowest BCUT2D eigenvalue weighted by Gasteiger charge is -2.26. The Morgan fingerprint density at radius 1 is 0.611 bits per heavy atom. The number of imide groups is 1. The highest BCUT2D eigenvalue weighted by Gasteiger charge is 2.29. The Morgan fingerprint density at radius 3 is 1.46 bits per heavy atom. The number of nitrogens with one attached hydrogen (secondary N) is 3. The van der Waals surface area contributed by atoms with Crippen molar-refractivity contribution in [3.05, 3.63) is 42.0 Å². The maximum atomic E-state index is 13.3. The number of ether oxygens (including phenoxy) is 12. The van der Waals surface area contributed by atoms with Crippen LogP contribution in [0, 0.1) is 5.92 Å². The molecule has 6 amide bonds. The smallest absolute Gasteiger partial charge is 0.254 e. The molecular formula is C48H78N6O18. The van der Waals surface area contributed by atoms with Gasteiger partial charge < -0.3 is 77.7 Å². The van der Waals surface area contributed by atoms with Crippen molar-refractivity contribution in [3.8, 4) is 0 Å². The van der Waals surface area contributed by atoms with E-state index in [-0.39, 0.29) is 51.8 Å². The Bertz CT molecular complexity index is 1690. The van der Waals surface area contributed by atoms with E-state index in [0.717, 1.165) is 22.6 Å². The van der Waals surface area contributed by atoms with Crippen molar-refractivity contribution >= 4 is 47.5 Å². The molecule has 0 saturated carbocycles. The summed E-state index contributed by atoms with van der Waals surface area (Å²) in [7, 11) is 3.23. The molecule has 1 heterocycles. The van der Waals surface area contributed by atoms with E-state index in [1.807, 2.05) is 0 Å². The van der Waals surface area contributed by atoms with E-state index >= 15 is 0 Å². The monoisotopic (exact) mass is 1030 g/mol.